The Morgan fingerprint density at radius 2 is 2.19 bits per heavy atom. The van der Waals surface area contributed by atoms with E-state index in [0.717, 1.165) is 10.2 Å². The van der Waals surface area contributed by atoms with Crippen LogP contribution in [0.2, 0.25) is 0 Å². The lowest BCUT2D eigenvalue weighted by Crippen LogP contribution is -2.24. The maximum atomic E-state index is 11.2. The van der Waals surface area contributed by atoms with Gasteiger partial charge in [-0.25, -0.2) is 0 Å². The summed E-state index contributed by atoms with van der Waals surface area (Å²) in [5.41, 5.74) is 2.23. The molecule has 88 valence electrons. The molecule has 0 unspecified atom stereocenters. The van der Waals surface area contributed by atoms with E-state index in [1.807, 2.05) is 26.0 Å². The van der Waals surface area contributed by atoms with Crippen LogP contribution in [0, 0.1) is 6.92 Å². The summed E-state index contributed by atoms with van der Waals surface area (Å²) in [7, 11) is 0. The lowest BCUT2D eigenvalue weighted by atomic mass is 10.2. The molecule has 0 radical (unpaired) electrons. The lowest BCUT2D eigenvalue weighted by Gasteiger charge is -2.08. The number of aryl methyl sites for hydroxylation is 1. The second-order valence-electron chi connectivity index (χ2n) is 3.59. The molecule has 0 heterocycles. The molecule has 0 saturated carbocycles. The summed E-state index contributed by atoms with van der Waals surface area (Å²) in [6.45, 7) is 5.31. The Balaban J connectivity index is 2.37. The van der Waals surface area contributed by atoms with Crippen LogP contribution in [0.5, 0.6) is 0 Å². The molecule has 0 bridgehead atoms. The van der Waals surface area contributed by atoms with Gasteiger partial charge in [-0.1, -0.05) is 15.9 Å². The Morgan fingerprint density at radius 1 is 1.44 bits per heavy atom. The van der Waals surface area contributed by atoms with Gasteiger partial charge in [0.2, 0.25) is 5.91 Å². The largest absolute Gasteiger partial charge is 0.385 e. The fourth-order valence-corrected chi connectivity index (χ4v) is 1.61. The molecule has 4 heteroatoms. The van der Waals surface area contributed by atoms with Gasteiger partial charge in [0.05, 0.1) is 0 Å². The van der Waals surface area contributed by atoms with Crippen molar-refractivity contribution in [1.29, 1.82) is 0 Å². The summed E-state index contributed by atoms with van der Waals surface area (Å²) in [5, 5.41) is 5.99. The minimum Gasteiger partial charge on any atom is -0.385 e. The fourth-order valence-electron chi connectivity index (χ4n) is 1.36. The van der Waals surface area contributed by atoms with E-state index in [1.165, 1.54) is 5.56 Å². The predicted molar refractivity (Wildman–Crippen MR) is 70.7 cm³/mol. The summed E-state index contributed by atoms with van der Waals surface area (Å²) in [5.74, 6) is 0.0869. The van der Waals surface area contributed by atoms with Gasteiger partial charge < -0.3 is 10.6 Å². The van der Waals surface area contributed by atoms with E-state index in [4.69, 9.17) is 0 Å². The van der Waals surface area contributed by atoms with Gasteiger partial charge in [0, 0.05) is 29.7 Å². The third-order valence-electron chi connectivity index (χ3n) is 2.21. The topological polar surface area (TPSA) is 41.1 Å². The van der Waals surface area contributed by atoms with Gasteiger partial charge in [-0.15, -0.1) is 0 Å². The highest BCUT2D eigenvalue weighted by Crippen LogP contribution is 2.19. The van der Waals surface area contributed by atoms with Crippen molar-refractivity contribution in [2.45, 2.75) is 20.3 Å². The quantitative estimate of drug-likeness (QED) is 0.873. The van der Waals surface area contributed by atoms with Crippen molar-refractivity contribution < 1.29 is 4.79 Å². The van der Waals surface area contributed by atoms with Crippen molar-refractivity contribution in [3.63, 3.8) is 0 Å². The van der Waals surface area contributed by atoms with E-state index in [9.17, 15) is 4.79 Å². The van der Waals surface area contributed by atoms with E-state index in [0.29, 0.717) is 19.5 Å². The van der Waals surface area contributed by atoms with Gasteiger partial charge in [0.15, 0.2) is 0 Å². The molecular formula is C12H17BrN2O. The number of carbonyl (C=O) groups is 1. The average molecular weight is 285 g/mol. The molecule has 3 nitrogen and oxygen atoms in total. The van der Waals surface area contributed by atoms with Crippen LogP contribution in [0.3, 0.4) is 0 Å². The number of rotatable bonds is 5. The Bertz CT molecular complexity index is 366. The minimum atomic E-state index is 0.0869. The molecule has 2 N–H and O–H groups in total. The van der Waals surface area contributed by atoms with Gasteiger partial charge in [0.25, 0.3) is 0 Å². The van der Waals surface area contributed by atoms with Crippen LogP contribution >= 0.6 is 15.9 Å². The number of carbonyl (C=O) groups excluding carboxylic acids is 1. The summed E-state index contributed by atoms with van der Waals surface area (Å²) in [6, 6.07) is 6.06. The van der Waals surface area contributed by atoms with Crippen molar-refractivity contribution in [3.8, 4) is 0 Å². The molecule has 0 aromatic heterocycles. The van der Waals surface area contributed by atoms with E-state index in [-0.39, 0.29) is 5.91 Å². The summed E-state index contributed by atoms with van der Waals surface area (Å²) in [6.07, 6.45) is 0.503. The molecule has 1 amide bonds. The van der Waals surface area contributed by atoms with Crippen molar-refractivity contribution in [2.75, 3.05) is 18.4 Å². The van der Waals surface area contributed by atoms with Gasteiger partial charge in [-0.3, -0.25) is 4.79 Å². The standard InChI is InChI=1S/C12H17BrN2O/c1-3-14-12(16)6-7-15-10-4-5-11(13)9(2)8-10/h4-5,8,15H,3,6-7H2,1-2H3,(H,14,16). The number of hydrogen-bond donors (Lipinski definition) is 2. The molecule has 1 aromatic rings. The van der Waals surface area contributed by atoms with E-state index < -0.39 is 0 Å². The maximum Gasteiger partial charge on any atom is 0.221 e. The molecule has 1 aromatic carbocycles. The molecular weight excluding hydrogens is 268 g/mol. The van der Waals surface area contributed by atoms with Crippen LogP contribution in [0.15, 0.2) is 22.7 Å². The summed E-state index contributed by atoms with van der Waals surface area (Å²) >= 11 is 3.45. The zero-order valence-corrected chi connectivity index (χ0v) is 11.2. The van der Waals surface area contributed by atoms with Crippen molar-refractivity contribution >= 4 is 27.5 Å². The third kappa shape index (κ3) is 4.23. The smallest absolute Gasteiger partial charge is 0.221 e. The molecule has 0 aliphatic rings. The predicted octanol–water partition coefficient (Wildman–Crippen LogP) is 2.70. The summed E-state index contributed by atoms with van der Waals surface area (Å²) in [4.78, 5) is 11.2. The first kappa shape index (κ1) is 13.0. The van der Waals surface area contributed by atoms with Crippen molar-refractivity contribution in [3.05, 3.63) is 28.2 Å². The molecule has 0 spiro atoms. The van der Waals surface area contributed by atoms with E-state index in [2.05, 4.69) is 32.6 Å². The van der Waals surface area contributed by atoms with Crippen LogP contribution in [0.25, 0.3) is 0 Å². The highest BCUT2D eigenvalue weighted by atomic mass is 79.9. The van der Waals surface area contributed by atoms with Crippen molar-refractivity contribution in [2.24, 2.45) is 0 Å². The van der Waals surface area contributed by atoms with Crippen LogP contribution < -0.4 is 10.6 Å². The highest BCUT2D eigenvalue weighted by Gasteiger charge is 2.00. The third-order valence-corrected chi connectivity index (χ3v) is 3.10. The van der Waals surface area contributed by atoms with Gasteiger partial charge in [0.1, 0.15) is 0 Å². The number of benzene rings is 1. The summed E-state index contributed by atoms with van der Waals surface area (Å²) < 4.78 is 1.10. The molecule has 0 aliphatic carbocycles. The number of halogens is 1. The van der Waals surface area contributed by atoms with E-state index >= 15 is 0 Å². The van der Waals surface area contributed by atoms with Gasteiger partial charge in [-0.05, 0) is 37.6 Å². The normalized spacial score (nSPS) is 9.94. The number of nitrogens with one attached hydrogen (secondary N) is 2. The van der Waals surface area contributed by atoms with Crippen molar-refractivity contribution in [1.82, 2.24) is 5.32 Å². The first-order valence-electron chi connectivity index (χ1n) is 5.40. The Labute approximate surface area is 105 Å². The first-order chi connectivity index (χ1) is 7.63. The van der Waals surface area contributed by atoms with E-state index in [1.54, 1.807) is 0 Å². The average Bonchev–Trinajstić information content (AvgIpc) is 2.24. The second-order valence-corrected chi connectivity index (χ2v) is 4.45. The molecule has 0 aliphatic heterocycles. The van der Waals surface area contributed by atoms with Crippen LogP contribution in [0.4, 0.5) is 5.69 Å². The monoisotopic (exact) mass is 284 g/mol. The zero-order chi connectivity index (χ0) is 12.0. The Morgan fingerprint density at radius 3 is 2.81 bits per heavy atom. The molecule has 1 rings (SSSR count). The van der Waals surface area contributed by atoms with Crippen LogP contribution in [-0.4, -0.2) is 19.0 Å². The first-order valence-corrected chi connectivity index (χ1v) is 6.19. The number of anilines is 1. The van der Waals surface area contributed by atoms with Crippen LogP contribution in [0.1, 0.15) is 18.9 Å². The SMILES string of the molecule is CCNC(=O)CCNc1ccc(Br)c(C)c1. The Kier molecular flexibility index (Phi) is 5.32. The fraction of sp³-hybridized carbons (Fsp3) is 0.417. The number of hydrogen-bond acceptors (Lipinski definition) is 2. The number of amides is 1. The molecule has 0 atom stereocenters. The zero-order valence-electron chi connectivity index (χ0n) is 9.64. The molecule has 0 fully saturated rings. The Hall–Kier alpha value is -1.03. The molecule has 0 saturated heterocycles. The van der Waals surface area contributed by atoms with Gasteiger partial charge in [-0.2, -0.15) is 0 Å². The minimum absolute atomic E-state index is 0.0869. The van der Waals surface area contributed by atoms with Crippen LogP contribution in [-0.2, 0) is 4.79 Å². The maximum absolute atomic E-state index is 11.2. The highest BCUT2D eigenvalue weighted by molar-refractivity contribution is 9.10. The van der Waals surface area contributed by atoms with Gasteiger partial charge >= 0.3 is 0 Å². The second kappa shape index (κ2) is 6.53. The molecule has 16 heavy (non-hydrogen) atoms. The lowest BCUT2D eigenvalue weighted by molar-refractivity contribution is -0.120.